The van der Waals surface area contributed by atoms with Crippen LogP contribution in [-0.4, -0.2) is 13.1 Å². The second-order valence-electron chi connectivity index (χ2n) is 5.41. The molecule has 1 rings (SSSR count). The minimum absolute atomic E-state index is 0.117. The van der Waals surface area contributed by atoms with E-state index in [0.717, 1.165) is 12.8 Å². The summed E-state index contributed by atoms with van der Waals surface area (Å²) in [5, 5.41) is 0. The maximum atomic E-state index is 11.0. The van der Waals surface area contributed by atoms with Crippen molar-refractivity contribution in [2.24, 2.45) is 0 Å². The summed E-state index contributed by atoms with van der Waals surface area (Å²) in [6.07, 6.45) is 10.2. The van der Waals surface area contributed by atoms with Gasteiger partial charge in [0.25, 0.3) is 0 Å². The molecule has 1 aromatic carbocycles. The Morgan fingerprint density at radius 3 is 2.00 bits per heavy atom. The lowest BCUT2D eigenvalue weighted by Gasteiger charge is -2.04. The van der Waals surface area contributed by atoms with Crippen molar-refractivity contribution in [1.29, 1.82) is 0 Å². The molecule has 0 saturated heterocycles. The van der Waals surface area contributed by atoms with Gasteiger partial charge in [0.1, 0.15) is 0 Å². The van der Waals surface area contributed by atoms with Crippen LogP contribution in [0.1, 0.15) is 63.0 Å². The fourth-order valence-electron chi connectivity index (χ4n) is 2.34. The molecule has 0 atom stereocenters. The number of unbranched alkanes of at least 4 members (excludes halogenated alkanes) is 4. The maximum absolute atomic E-state index is 11.0. The van der Waals surface area contributed by atoms with E-state index in [-0.39, 0.29) is 5.97 Å². The van der Waals surface area contributed by atoms with Crippen molar-refractivity contribution >= 4 is 5.97 Å². The fraction of sp³-hybridized carbons (Fsp3) is 0.611. The van der Waals surface area contributed by atoms with E-state index in [9.17, 15) is 4.79 Å². The van der Waals surface area contributed by atoms with Crippen LogP contribution in [0.4, 0.5) is 0 Å². The van der Waals surface area contributed by atoms with Gasteiger partial charge in [0.15, 0.2) is 0 Å². The van der Waals surface area contributed by atoms with Gasteiger partial charge in [0.2, 0.25) is 0 Å². The molecule has 0 aliphatic rings. The zero-order chi connectivity index (χ0) is 14.6. The summed E-state index contributed by atoms with van der Waals surface area (Å²) in [6.45, 7) is 2.25. The average molecular weight is 276 g/mol. The molecule has 1 aromatic rings. The summed E-state index contributed by atoms with van der Waals surface area (Å²) in [5.41, 5.74) is 2.74. The average Bonchev–Trinajstić information content (AvgIpc) is 2.48. The number of hydrogen-bond donors (Lipinski definition) is 0. The lowest BCUT2D eigenvalue weighted by Crippen LogP contribution is -2.00. The normalized spacial score (nSPS) is 10.5. The minimum Gasteiger partial charge on any atom is -0.469 e. The molecule has 2 heteroatoms. The first kappa shape index (κ1) is 16.7. The molecule has 20 heavy (non-hydrogen) atoms. The predicted molar refractivity (Wildman–Crippen MR) is 83.9 cm³/mol. The van der Waals surface area contributed by atoms with Crippen molar-refractivity contribution in [3.05, 3.63) is 35.4 Å². The summed E-state index contributed by atoms with van der Waals surface area (Å²) in [6, 6.07) is 8.85. The molecule has 0 saturated carbocycles. The van der Waals surface area contributed by atoms with E-state index >= 15 is 0 Å². The molecule has 0 unspecified atom stereocenters. The van der Waals surface area contributed by atoms with E-state index in [1.165, 1.54) is 56.8 Å². The van der Waals surface area contributed by atoms with Gasteiger partial charge in [-0.05, 0) is 36.8 Å². The van der Waals surface area contributed by atoms with Gasteiger partial charge in [0, 0.05) is 6.42 Å². The Morgan fingerprint density at radius 1 is 0.900 bits per heavy atom. The van der Waals surface area contributed by atoms with Crippen LogP contribution in [0, 0.1) is 0 Å². The molecular formula is C18H28O2. The molecule has 0 spiro atoms. The monoisotopic (exact) mass is 276 g/mol. The molecule has 0 aliphatic carbocycles. The number of aryl methyl sites for hydroxylation is 2. The number of methoxy groups -OCH3 is 1. The first-order valence-corrected chi connectivity index (χ1v) is 7.91. The number of rotatable bonds is 10. The molecule has 2 nitrogen and oxygen atoms in total. The van der Waals surface area contributed by atoms with Gasteiger partial charge >= 0.3 is 5.97 Å². The molecular weight excluding hydrogens is 248 g/mol. The summed E-state index contributed by atoms with van der Waals surface area (Å²) < 4.78 is 4.64. The highest BCUT2D eigenvalue weighted by Crippen LogP contribution is 2.12. The summed E-state index contributed by atoms with van der Waals surface area (Å²) in [4.78, 5) is 11.0. The third-order valence-corrected chi connectivity index (χ3v) is 3.67. The minimum atomic E-state index is -0.117. The van der Waals surface area contributed by atoms with Gasteiger partial charge in [-0.15, -0.1) is 0 Å². The van der Waals surface area contributed by atoms with Crippen LogP contribution in [-0.2, 0) is 22.4 Å². The summed E-state index contributed by atoms with van der Waals surface area (Å²) in [7, 11) is 1.44. The number of esters is 1. The highest BCUT2D eigenvalue weighted by Gasteiger charge is 2.01. The number of benzene rings is 1. The van der Waals surface area contributed by atoms with Crippen LogP contribution in [0.2, 0.25) is 0 Å². The topological polar surface area (TPSA) is 26.3 Å². The van der Waals surface area contributed by atoms with E-state index in [1.807, 2.05) is 0 Å². The van der Waals surface area contributed by atoms with Crippen molar-refractivity contribution < 1.29 is 9.53 Å². The van der Waals surface area contributed by atoms with E-state index in [1.54, 1.807) is 0 Å². The molecule has 112 valence electrons. The van der Waals surface area contributed by atoms with E-state index in [0.29, 0.717) is 6.42 Å². The van der Waals surface area contributed by atoms with Gasteiger partial charge in [0.05, 0.1) is 7.11 Å². The highest BCUT2D eigenvalue weighted by atomic mass is 16.5. The van der Waals surface area contributed by atoms with Crippen molar-refractivity contribution in [2.45, 2.75) is 64.7 Å². The van der Waals surface area contributed by atoms with Crippen LogP contribution >= 0.6 is 0 Å². The Hall–Kier alpha value is -1.31. The Bertz CT molecular complexity index is 368. The molecule has 0 aliphatic heterocycles. The largest absolute Gasteiger partial charge is 0.469 e. The van der Waals surface area contributed by atoms with Crippen LogP contribution in [0.5, 0.6) is 0 Å². The molecule has 0 fully saturated rings. The Kier molecular flexibility index (Phi) is 8.77. The first-order valence-electron chi connectivity index (χ1n) is 7.91. The highest BCUT2D eigenvalue weighted by molar-refractivity contribution is 5.69. The molecule has 0 amide bonds. The molecule has 0 aromatic heterocycles. The quantitative estimate of drug-likeness (QED) is 0.457. The number of carbonyl (C=O) groups excluding carboxylic acids is 1. The van der Waals surface area contributed by atoms with Gasteiger partial charge < -0.3 is 4.74 Å². The van der Waals surface area contributed by atoms with E-state index in [4.69, 9.17) is 0 Å². The smallest absolute Gasteiger partial charge is 0.305 e. The molecule has 0 bridgehead atoms. The second-order valence-corrected chi connectivity index (χ2v) is 5.41. The van der Waals surface area contributed by atoms with E-state index < -0.39 is 0 Å². The van der Waals surface area contributed by atoms with Crippen LogP contribution in [0.3, 0.4) is 0 Å². The first-order chi connectivity index (χ1) is 9.76. The summed E-state index contributed by atoms with van der Waals surface area (Å²) in [5.74, 6) is -0.117. The van der Waals surface area contributed by atoms with Crippen LogP contribution in [0.15, 0.2) is 24.3 Å². The Morgan fingerprint density at radius 2 is 1.45 bits per heavy atom. The van der Waals surface area contributed by atoms with Gasteiger partial charge in [-0.1, -0.05) is 56.9 Å². The number of hydrogen-bond acceptors (Lipinski definition) is 2. The fourth-order valence-corrected chi connectivity index (χ4v) is 2.34. The van der Waals surface area contributed by atoms with Crippen molar-refractivity contribution in [2.75, 3.05) is 7.11 Å². The van der Waals surface area contributed by atoms with E-state index in [2.05, 4.69) is 35.9 Å². The number of carbonyl (C=O) groups is 1. The summed E-state index contributed by atoms with van der Waals surface area (Å²) >= 11 is 0. The Labute approximate surface area is 123 Å². The molecule has 0 N–H and O–H groups in total. The van der Waals surface area contributed by atoms with Crippen LogP contribution < -0.4 is 0 Å². The lowest BCUT2D eigenvalue weighted by atomic mass is 10.0. The van der Waals surface area contributed by atoms with Gasteiger partial charge in [-0.2, -0.15) is 0 Å². The van der Waals surface area contributed by atoms with Gasteiger partial charge in [-0.3, -0.25) is 4.79 Å². The Balaban J connectivity index is 2.21. The van der Waals surface area contributed by atoms with Gasteiger partial charge in [-0.25, -0.2) is 0 Å². The number of ether oxygens (including phenoxy) is 1. The van der Waals surface area contributed by atoms with Crippen molar-refractivity contribution in [3.8, 4) is 0 Å². The second kappa shape index (κ2) is 10.5. The van der Waals surface area contributed by atoms with Crippen molar-refractivity contribution in [1.82, 2.24) is 0 Å². The molecule has 0 radical (unpaired) electrons. The maximum Gasteiger partial charge on any atom is 0.305 e. The van der Waals surface area contributed by atoms with Crippen LogP contribution in [0.25, 0.3) is 0 Å². The lowest BCUT2D eigenvalue weighted by molar-refractivity contribution is -0.140. The zero-order valence-corrected chi connectivity index (χ0v) is 13.0. The standard InChI is InChI=1S/C18H28O2/c1-3-4-5-6-7-9-16-12-14-17(15-13-16)10-8-11-18(19)20-2/h12-15H,3-11H2,1-2H3. The zero-order valence-electron chi connectivity index (χ0n) is 13.0. The predicted octanol–water partition coefficient (Wildman–Crippen LogP) is 4.70. The SMILES string of the molecule is CCCCCCCc1ccc(CCCC(=O)OC)cc1. The van der Waals surface area contributed by atoms with Crippen molar-refractivity contribution in [3.63, 3.8) is 0 Å². The third-order valence-electron chi connectivity index (χ3n) is 3.67. The molecule has 0 heterocycles. The third kappa shape index (κ3) is 7.32.